The highest BCUT2D eigenvalue weighted by atomic mass is 32.2. The van der Waals surface area contributed by atoms with Crippen molar-refractivity contribution >= 4 is 29.7 Å². The van der Waals surface area contributed by atoms with Crippen molar-refractivity contribution in [3.05, 3.63) is 95.1 Å². The largest absolute Gasteiger partial charge is 0.490 e. The number of carbonyl (C=O) groups excluding carboxylic acids is 2. The van der Waals surface area contributed by atoms with Crippen LogP contribution in [0.3, 0.4) is 0 Å². The molecule has 5 nitrogen and oxygen atoms in total. The minimum absolute atomic E-state index is 0.0484. The van der Waals surface area contributed by atoms with Gasteiger partial charge in [0, 0.05) is 28.3 Å². The summed E-state index contributed by atoms with van der Waals surface area (Å²) < 4.78 is 11.8. The van der Waals surface area contributed by atoms with Gasteiger partial charge in [-0.3, -0.25) is 4.79 Å². The van der Waals surface area contributed by atoms with Gasteiger partial charge in [-0.2, -0.15) is 0 Å². The number of hydrogen-bond donors (Lipinski definition) is 1. The van der Waals surface area contributed by atoms with Crippen LogP contribution in [0.25, 0.3) is 6.08 Å². The third-order valence-electron chi connectivity index (χ3n) is 5.11. The van der Waals surface area contributed by atoms with Crippen molar-refractivity contribution in [1.29, 1.82) is 0 Å². The molecule has 1 saturated heterocycles. The average Bonchev–Trinajstić information content (AvgIpc) is 3.25. The van der Waals surface area contributed by atoms with Crippen LogP contribution in [-0.4, -0.2) is 25.0 Å². The van der Waals surface area contributed by atoms with Crippen LogP contribution < -0.4 is 14.8 Å². The second kappa shape index (κ2) is 10.9. The average molecular weight is 460 g/mol. The van der Waals surface area contributed by atoms with Gasteiger partial charge < -0.3 is 14.8 Å². The number of hydrogen-bond acceptors (Lipinski definition) is 5. The second-order valence-electron chi connectivity index (χ2n) is 7.47. The fourth-order valence-electron chi connectivity index (χ4n) is 3.53. The number of nitrogens with one attached hydrogen (secondary N) is 1. The Morgan fingerprint density at radius 3 is 2.45 bits per heavy atom. The van der Waals surface area contributed by atoms with Crippen LogP contribution in [0, 0.1) is 0 Å². The topological polar surface area (TPSA) is 64.6 Å². The van der Waals surface area contributed by atoms with Gasteiger partial charge in [0.1, 0.15) is 0 Å². The maximum atomic E-state index is 12.9. The first-order valence-electron chi connectivity index (χ1n) is 10.9. The molecule has 4 rings (SSSR count). The maximum Gasteiger partial charge on any atom is 0.343 e. The van der Waals surface area contributed by atoms with Gasteiger partial charge in [0.2, 0.25) is 5.91 Å². The summed E-state index contributed by atoms with van der Waals surface area (Å²) >= 11 is 1.64. The second-order valence-corrected chi connectivity index (χ2v) is 8.52. The van der Waals surface area contributed by atoms with Crippen LogP contribution in [0.5, 0.6) is 11.5 Å². The molecular formula is C27H25NO4S. The Bertz CT molecular complexity index is 1160. The van der Waals surface area contributed by atoms with Gasteiger partial charge in [0.25, 0.3) is 0 Å². The fourth-order valence-corrected chi connectivity index (χ4v) is 4.42. The zero-order valence-electron chi connectivity index (χ0n) is 18.4. The quantitative estimate of drug-likeness (QED) is 0.209. The van der Waals surface area contributed by atoms with E-state index in [1.165, 1.54) is 0 Å². The Kier molecular flexibility index (Phi) is 7.47. The van der Waals surface area contributed by atoms with Gasteiger partial charge in [-0.05, 0) is 61.4 Å². The first-order chi connectivity index (χ1) is 16.1. The van der Waals surface area contributed by atoms with Crippen molar-refractivity contribution in [1.82, 2.24) is 5.32 Å². The van der Waals surface area contributed by atoms with E-state index in [9.17, 15) is 9.59 Å². The van der Waals surface area contributed by atoms with Crippen molar-refractivity contribution in [3.8, 4) is 11.5 Å². The van der Waals surface area contributed by atoms with Gasteiger partial charge in [-0.25, -0.2) is 4.79 Å². The van der Waals surface area contributed by atoms with E-state index in [0.29, 0.717) is 42.4 Å². The molecule has 0 aromatic heterocycles. The zero-order chi connectivity index (χ0) is 23.0. The predicted octanol–water partition coefficient (Wildman–Crippen LogP) is 5.50. The lowest BCUT2D eigenvalue weighted by molar-refractivity contribution is -0.116. The summed E-state index contributed by atoms with van der Waals surface area (Å²) in [6.07, 6.45) is 2.56. The van der Waals surface area contributed by atoms with E-state index in [-0.39, 0.29) is 5.91 Å². The maximum absolute atomic E-state index is 12.9. The number of rotatable bonds is 8. The molecule has 0 saturated carbocycles. The molecule has 1 aliphatic heterocycles. The van der Waals surface area contributed by atoms with Gasteiger partial charge in [0.05, 0.1) is 12.2 Å². The Morgan fingerprint density at radius 2 is 1.79 bits per heavy atom. The zero-order valence-corrected chi connectivity index (χ0v) is 19.2. The fraction of sp³-hybridized carbons (Fsp3) is 0.185. The van der Waals surface area contributed by atoms with Crippen molar-refractivity contribution in [2.24, 2.45) is 0 Å². The van der Waals surface area contributed by atoms with Gasteiger partial charge in [-0.15, -0.1) is 11.8 Å². The number of esters is 1. The molecule has 6 heteroatoms. The molecule has 0 atom stereocenters. The summed E-state index contributed by atoms with van der Waals surface area (Å²) in [6, 6.07) is 22.7. The number of carbonyl (C=O) groups is 2. The van der Waals surface area contributed by atoms with E-state index in [1.807, 2.05) is 61.5 Å². The van der Waals surface area contributed by atoms with Crippen molar-refractivity contribution < 1.29 is 19.1 Å². The Balaban J connectivity index is 1.72. The van der Waals surface area contributed by atoms with E-state index >= 15 is 0 Å². The smallest absolute Gasteiger partial charge is 0.343 e. The molecule has 1 aliphatic rings. The number of amides is 1. The summed E-state index contributed by atoms with van der Waals surface area (Å²) in [5, 5.41) is 2.83. The van der Waals surface area contributed by atoms with Gasteiger partial charge in [-0.1, -0.05) is 36.4 Å². The standard InChI is InChI=1S/C27H25NO4S/c1-2-31-24-17-19(15-21-13-14-28-26(21)29)16-22(18-33-23-11-7-4-8-12-23)25(24)32-27(30)20-9-5-3-6-10-20/h3-12,15-17H,2,13-14,18H2,1H3,(H,28,29)/b21-15-. The lowest BCUT2D eigenvalue weighted by atomic mass is 10.1. The molecule has 0 bridgehead atoms. The molecule has 33 heavy (non-hydrogen) atoms. The lowest BCUT2D eigenvalue weighted by Crippen LogP contribution is -2.14. The molecule has 168 valence electrons. The summed E-state index contributed by atoms with van der Waals surface area (Å²) in [4.78, 5) is 26.0. The molecule has 0 unspecified atom stereocenters. The van der Waals surface area contributed by atoms with Gasteiger partial charge >= 0.3 is 5.97 Å². The Labute approximate surface area is 197 Å². The minimum Gasteiger partial charge on any atom is -0.490 e. The highest BCUT2D eigenvalue weighted by Crippen LogP contribution is 2.38. The summed E-state index contributed by atoms with van der Waals surface area (Å²) in [7, 11) is 0. The van der Waals surface area contributed by atoms with Crippen LogP contribution in [-0.2, 0) is 10.5 Å². The van der Waals surface area contributed by atoms with Crippen LogP contribution in [0.1, 0.15) is 34.8 Å². The Hall–Kier alpha value is -3.51. The third-order valence-corrected chi connectivity index (χ3v) is 6.17. The molecule has 1 fully saturated rings. The van der Waals surface area contributed by atoms with E-state index in [2.05, 4.69) is 5.32 Å². The number of ether oxygens (including phenoxy) is 2. The molecule has 1 heterocycles. The number of benzene rings is 3. The monoisotopic (exact) mass is 459 g/mol. The molecule has 1 N–H and O–H groups in total. The summed E-state index contributed by atoms with van der Waals surface area (Å²) in [5.74, 6) is 0.979. The predicted molar refractivity (Wildman–Crippen MR) is 131 cm³/mol. The SMILES string of the molecule is CCOc1cc(/C=C2/CCNC2=O)cc(CSc2ccccc2)c1OC(=O)c1ccccc1. The van der Waals surface area contributed by atoms with E-state index in [4.69, 9.17) is 9.47 Å². The Morgan fingerprint density at radius 1 is 1.06 bits per heavy atom. The highest BCUT2D eigenvalue weighted by molar-refractivity contribution is 7.98. The molecule has 0 radical (unpaired) electrons. The molecule has 3 aromatic carbocycles. The molecular weight excluding hydrogens is 434 g/mol. The normalized spacial score (nSPS) is 14.2. The minimum atomic E-state index is -0.441. The van der Waals surface area contributed by atoms with E-state index in [0.717, 1.165) is 21.6 Å². The van der Waals surface area contributed by atoms with E-state index in [1.54, 1.807) is 36.0 Å². The van der Waals surface area contributed by atoms with Crippen LogP contribution in [0.4, 0.5) is 0 Å². The molecule has 0 aliphatic carbocycles. The van der Waals surface area contributed by atoms with Crippen molar-refractivity contribution in [2.45, 2.75) is 24.0 Å². The van der Waals surface area contributed by atoms with Crippen LogP contribution >= 0.6 is 11.8 Å². The molecule has 3 aromatic rings. The lowest BCUT2D eigenvalue weighted by Gasteiger charge is -2.16. The molecule has 0 spiro atoms. The summed E-state index contributed by atoms with van der Waals surface area (Å²) in [5.41, 5.74) is 2.86. The van der Waals surface area contributed by atoms with Crippen LogP contribution in [0.2, 0.25) is 0 Å². The highest BCUT2D eigenvalue weighted by Gasteiger charge is 2.20. The first-order valence-corrected chi connectivity index (χ1v) is 11.9. The first kappa shape index (κ1) is 22.7. The number of thioether (sulfide) groups is 1. The van der Waals surface area contributed by atoms with Crippen molar-refractivity contribution in [3.63, 3.8) is 0 Å². The van der Waals surface area contributed by atoms with E-state index < -0.39 is 5.97 Å². The third kappa shape index (κ3) is 5.84. The summed E-state index contributed by atoms with van der Waals surface area (Å²) in [6.45, 7) is 2.95. The van der Waals surface area contributed by atoms with Gasteiger partial charge in [0.15, 0.2) is 11.5 Å². The van der Waals surface area contributed by atoms with Crippen LogP contribution in [0.15, 0.2) is 83.3 Å². The molecule has 1 amide bonds. The van der Waals surface area contributed by atoms with Crippen molar-refractivity contribution in [2.75, 3.05) is 13.2 Å².